The third kappa shape index (κ3) is 4.34. The molecule has 1 aliphatic carbocycles. The summed E-state index contributed by atoms with van der Waals surface area (Å²) in [4.78, 5) is 40.0. The Morgan fingerprint density at radius 1 is 0.970 bits per heavy atom. The lowest BCUT2D eigenvalue weighted by atomic mass is 9.71. The van der Waals surface area contributed by atoms with Crippen LogP contribution in [0.5, 0.6) is 0 Å². The Kier molecular flexibility index (Phi) is 6.28. The van der Waals surface area contributed by atoms with Crippen LogP contribution in [0.2, 0.25) is 0 Å². The van der Waals surface area contributed by atoms with Crippen molar-refractivity contribution in [3.63, 3.8) is 0 Å². The lowest BCUT2D eigenvalue weighted by molar-refractivity contribution is -0.0821. The lowest BCUT2D eigenvalue weighted by Gasteiger charge is -2.59. The van der Waals surface area contributed by atoms with Crippen LogP contribution >= 0.6 is 7.60 Å². The van der Waals surface area contributed by atoms with Gasteiger partial charge >= 0.3 is 7.60 Å². The van der Waals surface area contributed by atoms with Gasteiger partial charge in [-0.25, -0.2) is 4.98 Å². The highest BCUT2D eigenvalue weighted by atomic mass is 31.2. The van der Waals surface area contributed by atoms with Gasteiger partial charge in [-0.2, -0.15) is 0 Å². The molecule has 180 valence electrons. The van der Waals surface area contributed by atoms with Crippen LogP contribution in [0, 0.1) is 0 Å². The number of piperidine rings is 2. The van der Waals surface area contributed by atoms with Crippen molar-refractivity contribution in [3.05, 3.63) is 34.6 Å². The largest absolute Gasteiger partial charge is 0.380 e. The summed E-state index contributed by atoms with van der Waals surface area (Å²) in [6.45, 7) is 2.36. The maximum Gasteiger partial charge on any atom is 0.380 e. The molecule has 33 heavy (non-hydrogen) atoms. The first-order chi connectivity index (χ1) is 15.8. The lowest BCUT2D eigenvalue weighted by Crippen LogP contribution is -2.63. The number of nitrogens with zero attached hydrogens (tertiary/aromatic N) is 3. The van der Waals surface area contributed by atoms with E-state index < -0.39 is 18.6 Å². The molecule has 5 rings (SSSR count). The first kappa shape index (κ1) is 23.2. The van der Waals surface area contributed by atoms with Crippen molar-refractivity contribution in [3.8, 4) is 0 Å². The molecule has 1 saturated carbocycles. The third-order valence-electron chi connectivity index (χ3n) is 8.38. The van der Waals surface area contributed by atoms with E-state index in [0.29, 0.717) is 23.1 Å². The standard InChI is InChI=1S/C25H36N3O4P/c1-25-15-9-12-19(28(25)18-10-5-3-2-4-6-11-18)16-20(17-25)27-22-14-8-7-13-21(22)26-23(24(27)29)33(30,31)32/h7-8,13-14,18-20H,2-6,9-12,15-17H2,1H3,(H2,30,31,32)/t19-,20+,25?/m0/s1. The van der Waals surface area contributed by atoms with E-state index in [1.54, 1.807) is 16.7 Å². The first-order valence-electron chi connectivity index (χ1n) is 12.6. The molecule has 2 bridgehead atoms. The van der Waals surface area contributed by atoms with Crippen molar-refractivity contribution >= 4 is 24.1 Å². The van der Waals surface area contributed by atoms with Crippen LogP contribution < -0.4 is 11.0 Å². The van der Waals surface area contributed by atoms with Crippen LogP contribution in [0.4, 0.5) is 0 Å². The molecule has 1 aromatic carbocycles. The second-order valence-electron chi connectivity index (χ2n) is 10.7. The van der Waals surface area contributed by atoms with E-state index in [1.807, 2.05) is 12.1 Å². The molecule has 2 N–H and O–H groups in total. The minimum atomic E-state index is -4.78. The summed E-state index contributed by atoms with van der Waals surface area (Å²) in [5, 5.41) is 0. The topological polar surface area (TPSA) is 95.7 Å². The highest BCUT2D eigenvalue weighted by Gasteiger charge is 2.49. The van der Waals surface area contributed by atoms with Crippen LogP contribution in [-0.2, 0) is 4.57 Å². The molecule has 7 nitrogen and oxygen atoms in total. The number of aromatic nitrogens is 2. The summed E-state index contributed by atoms with van der Waals surface area (Å²) in [6.07, 6.45) is 14.3. The maximum atomic E-state index is 13.4. The van der Waals surface area contributed by atoms with Crippen LogP contribution in [0.3, 0.4) is 0 Å². The minimum Gasteiger partial charge on any atom is -0.320 e. The number of benzene rings is 1. The van der Waals surface area contributed by atoms with Crippen LogP contribution in [0.15, 0.2) is 29.1 Å². The Bertz CT molecular complexity index is 1120. The van der Waals surface area contributed by atoms with Crippen LogP contribution in [-0.4, -0.2) is 41.9 Å². The summed E-state index contributed by atoms with van der Waals surface area (Å²) in [5.41, 5.74) is -0.118. The zero-order chi connectivity index (χ0) is 23.2. The molecule has 1 aromatic heterocycles. The average Bonchev–Trinajstić information content (AvgIpc) is 2.72. The summed E-state index contributed by atoms with van der Waals surface area (Å²) in [5.74, 6) is 0. The molecule has 3 atom stereocenters. The second-order valence-corrected chi connectivity index (χ2v) is 12.2. The molecular formula is C25H36N3O4P. The van der Waals surface area contributed by atoms with E-state index in [1.165, 1.54) is 51.4 Å². The maximum absolute atomic E-state index is 13.4. The number of hydrogen-bond acceptors (Lipinski definition) is 4. The van der Waals surface area contributed by atoms with Gasteiger partial charge in [-0.15, -0.1) is 0 Å². The van der Waals surface area contributed by atoms with Crippen molar-refractivity contribution in [2.45, 2.75) is 108 Å². The highest BCUT2D eigenvalue weighted by molar-refractivity contribution is 7.59. The van der Waals surface area contributed by atoms with Gasteiger partial charge in [-0.3, -0.25) is 14.3 Å². The van der Waals surface area contributed by atoms with Gasteiger partial charge in [0.1, 0.15) is 0 Å². The number of rotatable bonds is 3. The van der Waals surface area contributed by atoms with Gasteiger partial charge < -0.3 is 14.4 Å². The van der Waals surface area contributed by atoms with Crippen LogP contribution in [0.25, 0.3) is 11.0 Å². The number of hydrogen-bond donors (Lipinski definition) is 2. The molecule has 1 unspecified atom stereocenters. The average molecular weight is 474 g/mol. The molecule has 0 amide bonds. The van der Waals surface area contributed by atoms with E-state index in [4.69, 9.17) is 0 Å². The highest BCUT2D eigenvalue weighted by Crippen LogP contribution is 2.48. The summed E-state index contributed by atoms with van der Waals surface area (Å²) < 4.78 is 13.8. The normalized spacial score (nSPS) is 30.2. The molecular weight excluding hydrogens is 437 g/mol. The Labute approximate surface area is 195 Å². The molecule has 3 aliphatic rings. The van der Waals surface area contributed by atoms with Gasteiger partial charge in [0.2, 0.25) is 5.44 Å². The Hall–Kier alpha value is -1.53. The fourth-order valence-electron chi connectivity index (χ4n) is 7.11. The fourth-order valence-corrected chi connectivity index (χ4v) is 7.71. The van der Waals surface area contributed by atoms with Gasteiger partial charge in [0.15, 0.2) is 0 Å². The smallest absolute Gasteiger partial charge is 0.320 e. The van der Waals surface area contributed by atoms with Gasteiger partial charge in [0, 0.05) is 23.7 Å². The Balaban J connectivity index is 1.56. The van der Waals surface area contributed by atoms with Gasteiger partial charge in [0.05, 0.1) is 11.0 Å². The summed E-state index contributed by atoms with van der Waals surface area (Å²) >= 11 is 0. The number of para-hydroxylation sites is 2. The molecule has 0 radical (unpaired) electrons. The molecule has 3 heterocycles. The fraction of sp³-hybridized carbons (Fsp3) is 0.680. The van der Waals surface area contributed by atoms with Crippen molar-refractivity contribution in [2.24, 2.45) is 0 Å². The predicted molar refractivity (Wildman–Crippen MR) is 130 cm³/mol. The predicted octanol–water partition coefficient (Wildman–Crippen LogP) is 4.26. The Morgan fingerprint density at radius 3 is 2.33 bits per heavy atom. The zero-order valence-corrected chi connectivity index (χ0v) is 20.4. The van der Waals surface area contributed by atoms with Gasteiger partial charge in [0.25, 0.3) is 5.56 Å². The summed E-state index contributed by atoms with van der Waals surface area (Å²) in [6, 6.07) is 8.17. The first-order valence-corrected chi connectivity index (χ1v) is 14.2. The molecule has 2 aromatic rings. The molecule has 2 saturated heterocycles. The van der Waals surface area contributed by atoms with E-state index in [2.05, 4.69) is 16.8 Å². The van der Waals surface area contributed by atoms with E-state index >= 15 is 0 Å². The third-order valence-corrected chi connectivity index (χ3v) is 9.22. The summed E-state index contributed by atoms with van der Waals surface area (Å²) in [7, 11) is -4.78. The van der Waals surface area contributed by atoms with Gasteiger partial charge in [-0.1, -0.05) is 50.7 Å². The second kappa shape index (κ2) is 8.92. The molecule has 8 heteroatoms. The van der Waals surface area contributed by atoms with Crippen molar-refractivity contribution in [1.82, 2.24) is 14.5 Å². The van der Waals surface area contributed by atoms with E-state index in [-0.39, 0.29) is 11.6 Å². The van der Waals surface area contributed by atoms with Crippen molar-refractivity contribution < 1.29 is 14.4 Å². The number of fused-ring (bicyclic) bond motifs is 3. The van der Waals surface area contributed by atoms with Crippen molar-refractivity contribution in [2.75, 3.05) is 0 Å². The Morgan fingerprint density at radius 2 is 1.64 bits per heavy atom. The minimum absolute atomic E-state index is 0.00179. The van der Waals surface area contributed by atoms with E-state index in [9.17, 15) is 19.1 Å². The molecule has 3 fully saturated rings. The molecule has 0 spiro atoms. The van der Waals surface area contributed by atoms with Gasteiger partial charge in [-0.05, 0) is 57.6 Å². The quantitative estimate of drug-likeness (QED) is 0.647. The monoisotopic (exact) mass is 473 g/mol. The van der Waals surface area contributed by atoms with Crippen LogP contribution in [0.1, 0.15) is 90.0 Å². The van der Waals surface area contributed by atoms with Crippen molar-refractivity contribution in [1.29, 1.82) is 0 Å². The SMILES string of the molecule is CC12CCC[C@@H](C[C@@H](n3c(=O)c(P(=O)(O)O)nc4ccccc43)C1)N2C1CCCCCCC1. The van der Waals surface area contributed by atoms with E-state index in [0.717, 1.165) is 25.7 Å². The zero-order valence-electron chi connectivity index (χ0n) is 19.5. The molecule has 2 aliphatic heterocycles.